The molecule has 0 bridgehead atoms. The van der Waals surface area contributed by atoms with Gasteiger partial charge in [0, 0.05) is 17.6 Å². The Balaban J connectivity index is 2.34. The SMILES string of the molecule is Nc1ncccc1Cc1cc(F)ccc1Cl. The molecule has 0 aliphatic heterocycles. The first-order valence-corrected chi connectivity index (χ1v) is 5.18. The van der Waals surface area contributed by atoms with Crippen molar-refractivity contribution < 1.29 is 4.39 Å². The van der Waals surface area contributed by atoms with E-state index in [2.05, 4.69) is 4.98 Å². The Kier molecular flexibility index (Phi) is 3.06. The molecular weight excluding hydrogens is 227 g/mol. The molecule has 16 heavy (non-hydrogen) atoms. The Morgan fingerprint density at radius 1 is 1.25 bits per heavy atom. The predicted molar refractivity (Wildman–Crippen MR) is 62.9 cm³/mol. The summed E-state index contributed by atoms with van der Waals surface area (Å²) in [4.78, 5) is 3.97. The first-order chi connectivity index (χ1) is 7.66. The van der Waals surface area contributed by atoms with E-state index < -0.39 is 0 Å². The zero-order valence-electron chi connectivity index (χ0n) is 8.45. The number of anilines is 1. The number of nitrogens with zero attached hydrogens (tertiary/aromatic N) is 1. The van der Waals surface area contributed by atoms with E-state index in [1.165, 1.54) is 12.1 Å². The Bertz CT molecular complexity index is 514. The van der Waals surface area contributed by atoms with Crippen LogP contribution in [-0.2, 0) is 6.42 Å². The van der Waals surface area contributed by atoms with Gasteiger partial charge in [0.15, 0.2) is 0 Å². The van der Waals surface area contributed by atoms with E-state index >= 15 is 0 Å². The van der Waals surface area contributed by atoms with E-state index in [-0.39, 0.29) is 5.82 Å². The van der Waals surface area contributed by atoms with Gasteiger partial charge < -0.3 is 5.73 Å². The Morgan fingerprint density at radius 2 is 2.06 bits per heavy atom. The molecule has 0 amide bonds. The lowest BCUT2D eigenvalue weighted by Gasteiger charge is -2.06. The number of halogens is 2. The summed E-state index contributed by atoms with van der Waals surface area (Å²) in [5.74, 6) is 0.143. The number of hydrogen-bond acceptors (Lipinski definition) is 2. The van der Waals surface area contributed by atoms with Gasteiger partial charge in [-0.05, 0) is 35.4 Å². The first kappa shape index (κ1) is 10.9. The van der Waals surface area contributed by atoms with Crippen molar-refractivity contribution in [2.24, 2.45) is 0 Å². The van der Waals surface area contributed by atoms with Crippen LogP contribution in [0.3, 0.4) is 0 Å². The molecule has 0 unspecified atom stereocenters. The maximum atomic E-state index is 13.0. The lowest BCUT2D eigenvalue weighted by molar-refractivity contribution is 0.626. The highest BCUT2D eigenvalue weighted by Gasteiger charge is 2.06. The minimum atomic E-state index is -0.304. The summed E-state index contributed by atoms with van der Waals surface area (Å²) in [5.41, 5.74) is 7.26. The lowest BCUT2D eigenvalue weighted by atomic mass is 10.1. The van der Waals surface area contributed by atoms with Gasteiger partial charge in [-0.1, -0.05) is 17.7 Å². The number of rotatable bonds is 2. The maximum absolute atomic E-state index is 13.0. The standard InChI is InChI=1S/C12H10ClFN2/c13-11-4-3-10(14)7-9(11)6-8-2-1-5-16-12(8)15/h1-5,7H,6H2,(H2,15,16). The van der Waals surface area contributed by atoms with Gasteiger partial charge in [0.1, 0.15) is 11.6 Å². The van der Waals surface area contributed by atoms with Crippen LogP contribution < -0.4 is 5.73 Å². The quantitative estimate of drug-likeness (QED) is 0.871. The molecule has 1 heterocycles. The summed E-state index contributed by atoms with van der Waals surface area (Å²) >= 11 is 5.97. The van der Waals surface area contributed by atoms with Crippen LogP contribution in [0.4, 0.5) is 10.2 Å². The van der Waals surface area contributed by atoms with E-state index in [0.29, 0.717) is 22.8 Å². The number of nitrogens with two attached hydrogens (primary N) is 1. The summed E-state index contributed by atoms with van der Waals surface area (Å²) in [5, 5.41) is 0.532. The normalized spacial score (nSPS) is 10.4. The molecule has 0 atom stereocenters. The van der Waals surface area contributed by atoms with Crippen LogP contribution in [0.25, 0.3) is 0 Å². The second kappa shape index (κ2) is 4.49. The smallest absolute Gasteiger partial charge is 0.126 e. The third-order valence-electron chi connectivity index (χ3n) is 2.31. The zero-order chi connectivity index (χ0) is 11.5. The number of pyridine rings is 1. The highest BCUT2D eigenvalue weighted by Crippen LogP contribution is 2.22. The van der Waals surface area contributed by atoms with Crippen LogP contribution >= 0.6 is 11.6 Å². The molecule has 4 heteroatoms. The first-order valence-electron chi connectivity index (χ1n) is 4.80. The van der Waals surface area contributed by atoms with Gasteiger partial charge >= 0.3 is 0 Å². The van der Waals surface area contributed by atoms with E-state index in [1.54, 1.807) is 18.3 Å². The average molecular weight is 237 g/mol. The van der Waals surface area contributed by atoms with Crippen LogP contribution in [0.15, 0.2) is 36.5 Å². The van der Waals surface area contributed by atoms with Crippen molar-refractivity contribution in [2.75, 3.05) is 5.73 Å². The summed E-state index contributed by atoms with van der Waals surface area (Å²) in [7, 11) is 0. The molecule has 1 aromatic carbocycles. The molecule has 82 valence electrons. The van der Waals surface area contributed by atoms with E-state index in [1.807, 2.05) is 6.07 Å². The Morgan fingerprint density at radius 3 is 2.81 bits per heavy atom. The lowest BCUT2D eigenvalue weighted by Crippen LogP contribution is -1.98. The van der Waals surface area contributed by atoms with Gasteiger partial charge in [0.25, 0.3) is 0 Å². The molecule has 0 fully saturated rings. The topological polar surface area (TPSA) is 38.9 Å². The van der Waals surface area contributed by atoms with Crippen molar-refractivity contribution in [3.63, 3.8) is 0 Å². The highest BCUT2D eigenvalue weighted by atomic mass is 35.5. The van der Waals surface area contributed by atoms with Crippen molar-refractivity contribution >= 4 is 17.4 Å². The van der Waals surface area contributed by atoms with Gasteiger partial charge in [-0.2, -0.15) is 0 Å². The minimum absolute atomic E-state index is 0.304. The van der Waals surface area contributed by atoms with Crippen LogP contribution in [0.2, 0.25) is 5.02 Å². The van der Waals surface area contributed by atoms with Gasteiger partial charge in [-0.25, -0.2) is 9.37 Å². The Labute approximate surface area is 97.9 Å². The summed E-state index contributed by atoms with van der Waals surface area (Å²) < 4.78 is 13.0. The molecule has 0 aliphatic carbocycles. The third kappa shape index (κ3) is 2.31. The summed E-state index contributed by atoms with van der Waals surface area (Å²) in [6.07, 6.45) is 2.10. The van der Waals surface area contributed by atoms with Gasteiger partial charge in [-0.15, -0.1) is 0 Å². The number of nitrogen functional groups attached to an aromatic ring is 1. The van der Waals surface area contributed by atoms with E-state index in [9.17, 15) is 4.39 Å². The van der Waals surface area contributed by atoms with Crippen molar-refractivity contribution in [1.82, 2.24) is 4.98 Å². The fourth-order valence-corrected chi connectivity index (χ4v) is 1.67. The van der Waals surface area contributed by atoms with Crippen LogP contribution in [-0.4, -0.2) is 4.98 Å². The number of benzene rings is 1. The van der Waals surface area contributed by atoms with E-state index in [0.717, 1.165) is 5.56 Å². The van der Waals surface area contributed by atoms with Crippen LogP contribution in [0.1, 0.15) is 11.1 Å². The molecule has 0 saturated carbocycles. The molecule has 0 saturated heterocycles. The van der Waals surface area contributed by atoms with Gasteiger partial charge in [0.05, 0.1) is 0 Å². The largest absolute Gasteiger partial charge is 0.383 e. The maximum Gasteiger partial charge on any atom is 0.126 e. The molecule has 2 nitrogen and oxygen atoms in total. The second-order valence-corrected chi connectivity index (χ2v) is 3.87. The molecule has 0 spiro atoms. The monoisotopic (exact) mass is 236 g/mol. The predicted octanol–water partition coefficient (Wildman–Crippen LogP) is 3.05. The summed E-state index contributed by atoms with van der Waals surface area (Å²) in [6, 6.07) is 7.93. The van der Waals surface area contributed by atoms with E-state index in [4.69, 9.17) is 17.3 Å². The van der Waals surface area contributed by atoms with Crippen molar-refractivity contribution in [3.05, 3.63) is 58.5 Å². The van der Waals surface area contributed by atoms with Gasteiger partial charge in [0.2, 0.25) is 0 Å². The Hall–Kier alpha value is -1.61. The average Bonchev–Trinajstić information content (AvgIpc) is 2.27. The molecule has 2 aromatic rings. The zero-order valence-corrected chi connectivity index (χ0v) is 9.21. The fraction of sp³-hybridized carbons (Fsp3) is 0.0833. The van der Waals surface area contributed by atoms with Crippen molar-refractivity contribution in [2.45, 2.75) is 6.42 Å². The third-order valence-corrected chi connectivity index (χ3v) is 2.68. The number of aromatic nitrogens is 1. The molecule has 2 rings (SSSR count). The van der Waals surface area contributed by atoms with Crippen LogP contribution in [0.5, 0.6) is 0 Å². The molecule has 0 aliphatic rings. The molecule has 2 N–H and O–H groups in total. The summed E-state index contributed by atoms with van der Waals surface area (Å²) in [6.45, 7) is 0. The molecular formula is C12H10ClFN2. The highest BCUT2D eigenvalue weighted by molar-refractivity contribution is 6.31. The molecule has 1 aromatic heterocycles. The second-order valence-electron chi connectivity index (χ2n) is 3.46. The van der Waals surface area contributed by atoms with Crippen LogP contribution in [0, 0.1) is 5.82 Å². The molecule has 0 radical (unpaired) electrons. The minimum Gasteiger partial charge on any atom is -0.383 e. The fourth-order valence-electron chi connectivity index (χ4n) is 1.48. The number of hydrogen-bond donors (Lipinski definition) is 1. The van der Waals surface area contributed by atoms with Gasteiger partial charge in [-0.3, -0.25) is 0 Å². The van der Waals surface area contributed by atoms with Crippen molar-refractivity contribution in [1.29, 1.82) is 0 Å². The van der Waals surface area contributed by atoms with Crippen molar-refractivity contribution in [3.8, 4) is 0 Å².